The zero-order valence-electron chi connectivity index (χ0n) is 22.5. The number of nitrogens with zero attached hydrogens (tertiary/aromatic N) is 1. The number of hydrogen-bond acceptors (Lipinski definition) is 6. The van der Waals surface area contributed by atoms with E-state index in [1.165, 1.54) is 5.56 Å². The summed E-state index contributed by atoms with van der Waals surface area (Å²) in [7, 11) is 0. The number of imide groups is 1. The molecule has 8 heteroatoms. The van der Waals surface area contributed by atoms with Crippen LogP contribution in [0.5, 0.6) is 5.75 Å². The summed E-state index contributed by atoms with van der Waals surface area (Å²) in [4.78, 5) is 63.2. The van der Waals surface area contributed by atoms with Crippen molar-refractivity contribution < 1.29 is 28.7 Å². The van der Waals surface area contributed by atoms with Gasteiger partial charge in [0.1, 0.15) is 12.0 Å². The third kappa shape index (κ3) is 4.80. The molecule has 2 aliphatic carbocycles. The second kappa shape index (κ2) is 10.5. The predicted octanol–water partition coefficient (Wildman–Crippen LogP) is 3.52. The largest absolute Gasteiger partial charge is 0.492 e. The number of carbonyl (C=O) groups is 5. The summed E-state index contributed by atoms with van der Waals surface area (Å²) in [5.74, 6) is 0.721. The molecule has 1 saturated carbocycles. The lowest BCUT2D eigenvalue weighted by atomic mass is 9.71. The first kappa shape index (κ1) is 26.2. The number of fused-ring (bicyclic) bond motifs is 4. The average molecular weight is 535 g/mol. The lowest BCUT2D eigenvalue weighted by Crippen LogP contribution is -2.48. The summed E-state index contributed by atoms with van der Waals surface area (Å²) in [5, 5.41) is 2.42. The van der Waals surface area contributed by atoms with Crippen LogP contribution in [0.4, 0.5) is 0 Å². The molecule has 3 amide bonds. The van der Waals surface area contributed by atoms with Gasteiger partial charge in [0, 0.05) is 65.3 Å². The number of amides is 3. The number of aldehydes is 1. The standard InChI is InChI=1S/C31H38N2O6/c34-17-19-1-3-22(4-2-19)30(38)33-15-13-31(14-16-33)18-39-28-24-9-7-20(27(36)23(24)10-11-25(28)31)5-6-21-8-12-26(35)32-29(21)37/h10-11,17,19-22H,1-9,12-16,18H2,(H,32,35,37)/t19?,20?,21-,22?/m0/s1. The molecule has 2 atom stereocenters. The van der Waals surface area contributed by atoms with Crippen LogP contribution < -0.4 is 10.1 Å². The molecule has 8 nitrogen and oxygen atoms in total. The van der Waals surface area contributed by atoms with E-state index in [2.05, 4.69) is 11.4 Å². The number of likely N-dealkylation sites (tertiary alicyclic amines) is 1. The number of hydrogen-bond donors (Lipinski definition) is 1. The Balaban J connectivity index is 1.09. The van der Waals surface area contributed by atoms with E-state index in [1.54, 1.807) is 0 Å². The van der Waals surface area contributed by atoms with Crippen molar-refractivity contribution >= 4 is 29.8 Å². The number of ketones is 1. The van der Waals surface area contributed by atoms with Crippen molar-refractivity contribution in [3.63, 3.8) is 0 Å². The fraction of sp³-hybridized carbons (Fsp3) is 0.645. The van der Waals surface area contributed by atoms with Crippen molar-refractivity contribution in [3.8, 4) is 5.75 Å². The molecule has 39 heavy (non-hydrogen) atoms. The SMILES string of the molecule is O=CC1CCC(C(=O)N2CCC3(CC2)COc2c3ccc3c2CCC(CC[C@H]2CCC(=O)NC2=O)C3=O)CC1. The smallest absolute Gasteiger partial charge is 0.229 e. The molecule has 1 spiro atoms. The summed E-state index contributed by atoms with van der Waals surface area (Å²) in [6, 6.07) is 4.06. The van der Waals surface area contributed by atoms with Crippen LogP contribution >= 0.6 is 0 Å². The van der Waals surface area contributed by atoms with E-state index in [9.17, 15) is 24.0 Å². The number of benzene rings is 1. The molecule has 3 fully saturated rings. The number of carbonyl (C=O) groups excluding carboxylic acids is 5. The minimum atomic E-state index is -0.208. The maximum absolute atomic E-state index is 13.4. The monoisotopic (exact) mass is 534 g/mol. The molecule has 2 saturated heterocycles. The molecule has 0 aromatic heterocycles. The number of Topliss-reactive ketones (excluding diaryl/α,β-unsaturated/α-hetero) is 1. The van der Waals surface area contributed by atoms with Gasteiger partial charge in [0.25, 0.3) is 0 Å². The highest BCUT2D eigenvalue weighted by atomic mass is 16.5. The molecule has 0 radical (unpaired) electrons. The number of nitrogens with one attached hydrogen (secondary N) is 1. The highest BCUT2D eigenvalue weighted by Crippen LogP contribution is 2.49. The first-order valence-electron chi connectivity index (χ1n) is 14.8. The Bertz CT molecular complexity index is 1190. The van der Waals surface area contributed by atoms with Crippen molar-refractivity contribution in [2.45, 2.75) is 82.5 Å². The van der Waals surface area contributed by atoms with Crippen LogP contribution in [0.2, 0.25) is 0 Å². The lowest BCUT2D eigenvalue weighted by molar-refractivity contribution is -0.139. The van der Waals surface area contributed by atoms with Gasteiger partial charge in [-0.05, 0) is 70.6 Å². The van der Waals surface area contributed by atoms with Crippen molar-refractivity contribution in [2.24, 2.45) is 23.7 Å². The second-order valence-electron chi connectivity index (χ2n) is 12.4. The van der Waals surface area contributed by atoms with E-state index < -0.39 is 0 Å². The van der Waals surface area contributed by atoms with Gasteiger partial charge in [-0.1, -0.05) is 12.1 Å². The fourth-order valence-electron chi connectivity index (χ4n) is 7.67. The van der Waals surface area contributed by atoms with Crippen LogP contribution in [0.25, 0.3) is 0 Å². The first-order valence-corrected chi connectivity index (χ1v) is 14.8. The van der Waals surface area contributed by atoms with Gasteiger partial charge in [0.15, 0.2) is 5.78 Å². The van der Waals surface area contributed by atoms with Gasteiger partial charge >= 0.3 is 0 Å². The molecule has 1 aromatic rings. The summed E-state index contributed by atoms with van der Waals surface area (Å²) in [6.45, 7) is 2.03. The van der Waals surface area contributed by atoms with Gasteiger partial charge < -0.3 is 14.4 Å². The van der Waals surface area contributed by atoms with Gasteiger partial charge in [-0.3, -0.25) is 24.5 Å². The molecular formula is C31H38N2O6. The molecule has 208 valence electrons. The normalized spacial score (nSPS) is 29.8. The van der Waals surface area contributed by atoms with E-state index in [4.69, 9.17) is 4.74 Å². The Morgan fingerprint density at radius 2 is 1.69 bits per heavy atom. The van der Waals surface area contributed by atoms with E-state index in [0.717, 1.165) is 74.5 Å². The molecule has 3 aliphatic heterocycles. The minimum Gasteiger partial charge on any atom is -0.492 e. The molecular weight excluding hydrogens is 496 g/mol. The van der Waals surface area contributed by atoms with Crippen molar-refractivity contribution in [3.05, 3.63) is 28.8 Å². The van der Waals surface area contributed by atoms with E-state index in [0.29, 0.717) is 45.4 Å². The van der Waals surface area contributed by atoms with Gasteiger partial charge in [-0.15, -0.1) is 0 Å². The van der Waals surface area contributed by atoms with Gasteiger partial charge in [0.2, 0.25) is 17.7 Å². The third-order valence-electron chi connectivity index (χ3n) is 10.3. The summed E-state index contributed by atoms with van der Waals surface area (Å²) >= 11 is 0. The zero-order chi connectivity index (χ0) is 27.1. The van der Waals surface area contributed by atoms with Crippen LogP contribution in [0, 0.1) is 23.7 Å². The predicted molar refractivity (Wildman–Crippen MR) is 142 cm³/mol. The van der Waals surface area contributed by atoms with Crippen LogP contribution in [-0.2, 0) is 31.0 Å². The van der Waals surface area contributed by atoms with Crippen molar-refractivity contribution in [2.75, 3.05) is 19.7 Å². The van der Waals surface area contributed by atoms with E-state index in [-0.39, 0.29) is 52.6 Å². The summed E-state index contributed by atoms with van der Waals surface area (Å²) in [5.41, 5.74) is 2.86. The fourth-order valence-corrected chi connectivity index (χ4v) is 7.67. The third-order valence-corrected chi connectivity index (χ3v) is 10.3. The average Bonchev–Trinajstić information content (AvgIpc) is 3.31. The van der Waals surface area contributed by atoms with E-state index >= 15 is 0 Å². The Morgan fingerprint density at radius 1 is 0.974 bits per heavy atom. The van der Waals surface area contributed by atoms with Crippen molar-refractivity contribution in [1.29, 1.82) is 0 Å². The Morgan fingerprint density at radius 3 is 2.41 bits per heavy atom. The van der Waals surface area contributed by atoms with Crippen molar-refractivity contribution in [1.82, 2.24) is 10.2 Å². The molecule has 6 rings (SSSR count). The number of piperidine rings is 2. The molecule has 1 unspecified atom stereocenters. The highest BCUT2D eigenvalue weighted by molar-refractivity contribution is 6.01. The maximum Gasteiger partial charge on any atom is 0.229 e. The lowest BCUT2D eigenvalue weighted by Gasteiger charge is -2.40. The molecule has 0 bridgehead atoms. The Kier molecular flexibility index (Phi) is 7.06. The van der Waals surface area contributed by atoms with Crippen LogP contribution in [-0.4, -0.2) is 54.4 Å². The highest BCUT2D eigenvalue weighted by Gasteiger charge is 2.46. The van der Waals surface area contributed by atoms with Gasteiger partial charge in [-0.2, -0.15) is 0 Å². The molecule has 1 N–H and O–H groups in total. The van der Waals surface area contributed by atoms with Crippen LogP contribution in [0.1, 0.15) is 92.1 Å². The van der Waals surface area contributed by atoms with Crippen LogP contribution in [0.15, 0.2) is 12.1 Å². The van der Waals surface area contributed by atoms with E-state index in [1.807, 2.05) is 11.0 Å². The molecule has 3 heterocycles. The molecule has 5 aliphatic rings. The minimum absolute atomic E-state index is 0.0447. The Labute approximate surface area is 229 Å². The van der Waals surface area contributed by atoms with Crippen LogP contribution in [0.3, 0.4) is 0 Å². The second-order valence-corrected chi connectivity index (χ2v) is 12.4. The molecule has 1 aromatic carbocycles. The quantitative estimate of drug-likeness (QED) is 0.457. The zero-order valence-corrected chi connectivity index (χ0v) is 22.5. The topological polar surface area (TPSA) is 110 Å². The maximum atomic E-state index is 13.4. The summed E-state index contributed by atoms with van der Waals surface area (Å²) < 4.78 is 6.32. The number of rotatable bonds is 5. The first-order chi connectivity index (χ1) is 18.9. The van der Waals surface area contributed by atoms with Gasteiger partial charge in [-0.25, -0.2) is 0 Å². The van der Waals surface area contributed by atoms with Gasteiger partial charge in [0.05, 0.1) is 6.61 Å². The Hall–Kier alpha value is -3.03. The number of ether oxygens (including phenoxy) is 1. The summed E-state index contributed by atoms with van der Waals surface area (Å²) in [6.07, 6.45) is 9.78.